The standard InChI is InChI=1S/C19H25N3O4S/c1-10-14(18(24)25-4)11(2)20-15(10)16(23)12(3)27-19-22-21-17(26-19)13-8-6-5-7-9-13/h12-13,20H,5-9H2,1-4H3/t12-/m1/s1. The summed E-state index contributed by atoms with van der Waals surface area (Å²) in [5.74, 6) is 0.446. The SMILES string of the molecule is COC(=O)c1c(C)[nH]c(C(=O)[C@@H](C)Sc2nnc(C3CCCCC3)o2)c1C. The molecule has 0 spiro atoms. The Bertz CT molecular complexity index is 836. The summed E-state index contributed by atoms with van der Waals surface area (Å²) >= 11 is 1.24. The number of aromatic nitrogens is 3. The van der Waals surface area contributed by atoms with Crippen LogP contribution < -0.4 is 0 Å². The van der Waals surface area contributed by atoms with Gasteiger partial charge in [0.25, 0.3) is 5.22 Å². The largest absolute Gasteiger partial charge is 0.465 e. The Morgan fingerprint density at radius 1 is 1.22 bits per heavy atom. The molecule has 1 atom stereocenters. The first-order valence-electron chi connectivity index (χ1n) is 9.24. The molecule has 0 unspecified atom stereocenters. The number of thioether (sulfide) groups is 1. The smallest absolute Gasteiger partial charge is 0.339 e. The van der Waals surface area contributed by atoms with Crippen LogP contribution in [0.15, 0.2) is 9.64 Å². The van der Waals surface area contributed by atoms with E-state index < -0.39 is 11.2 Å². The van der Waals surface area contributed by atoms with Crippen molar-refractivity contribution in [3.8, 4) is 0 Å². The molecule has 1 fully saturated rings. The lowest BCUT2D eigenvalue weighted by atomic mass is 9.89. The number of ketones is 1. The Hall–Kier alpha value is -2.09. The summed E-state index contributed by atoms with van der Waals surface area (Å²) < 4.78 is 10.6. The number of nitrogens with one attached hydrogen (secondary N) is 1. The summed E-state index contributed by atoms with van der Waals surface area (Å²) in [4.78, 5) is 27.8. The number of aryl methyl sites for hydroxylation is 1. The minimum atomic E-state index is -0.449. The normalized spacial score (nSPS) is 16.3. The van der Waals surface area contributed by atoms with Crippen LogP contribution in [-0.4, -0.2) is 39.3 Å². The van der Waals surface area contributed by atoms with E-state index in [1.54, 1.807) is 20.8 Å². The number of carbonyl (C=O) groups is 2. The first-order valence-corrected chi connectivity index (χ1v) is 10.1. The van der Waals surface area contributed by atoms with Crippen LogP contribution in [0.4, 0.5) is 0 Å². The highest BCUT2D eigenvalue weighted by Gasteiger charge is 2.28. The van der Waals surface area contributed by atoms with Crippen LogP contribution in [0.1, 0.15) is 82.9 Å². The fourth-order valence-corrected chi connectivity index (χ4v) is 4.34. The Kier molecular flexibility index (Phi) is 6.04. The van der Waals surface area contributed by atoms with Gasteiger partial charge in [0.05, 0.1) is 23.6 Å². The molecule has 0 radical (unpaired) electrons. The lowest BCUT2D eigenvalue weighted by molar-refractivity contribution is 0.0599. The van der Waals surface area contributed by atoms with E-state index in [9.17, 15) is 9.59 Å². The monoisotopic (exact) mass is 391 g/mol. The van der Waals surface area contributed by atoms with Crippen LogP contribution in [0.2, 0.25) is 0 Å². The van der Waals surface area contributed by atoms with Crippen LogP contribution in [0.25, 0.3) is 0 Å². The summed E-state index contributed by atoms with van der Waals surface area (Å²) in [6, 6.07) is 0. The topological polar surface area (TPSA) is 98.1 Å². The molecule has 0 bridgehead atoms. The molecule has 1 aliphatic rings. The lowest BCUT2D eigenvalue weighted by Crippen LogP contribution is -2.15. The Labute approximate surface area is 162 Å². The van der Waals surface area contributed by atoms with Gasteiger partial charge in [-0.25, -0.2) is 4.79 Å². The summed E-state index contributed by atoms with van der Waals surface area (Å²) in [6.07, 6.45) is 5.81. The Balaban J connectivity index is 1.71. The van der Waals surface area contributed by atoms with E-state index in [1.165, 1.54) is 38.1 Å². The van der Waals surface area contributed by atoms with Crippen LogP contribution in [0.5, 0.6) is 0 Å². The maximum absolute atomic E-state index is 12.9. The zero-order valence-corrected chi connectivity index (χ0v) is 16.9. The highest BCUT2D eigenvalue weighted by Crippen LogP contribution is 2.34. The number of Topliss-reactive ketones (excluding diaryl/α,β-unsaturated/α-hetero) is 1. The van der Waals surface area contributed by atoms with Crippen LogP contribution in [0.3, 0.4) is 0 Å². The van der Waals surface area contributed by atoms with Crippen molar-refractivity contribution in [1.82, 2.24) is 15.2 Å². The highest BCUT2D eigenvalue weighted by atomic mass is 32.2. The number of carbonyl (C=O) groups excluding carboxylic acids is 2. The van der Waals surface area contributed by atoms with Gasteiger partial charge in [-0.3, -0.25) is 4.79 Å². The number of methoxy groups -OCH3 is 1. The molecule has 8 heteroatoms. The summed E-state index contributed by atoms with van der Waals surface area (Å²) in [6.45, 7) is 5.29. The van der Waals surface area contributed by atoms with E-state index in [0.717, 1.165) is 12.8 Å². The number of aromatic amines is 1. The van der Waals surface area contributed by atoms with E-state index in [2.05, 4.69) is 15.2 Å². The molecule has 1 saturated carbocycles. The first-order chi connectivity index (χ1) is 12.9. The number of hydrogen-bond acceptors (Lipinski definition) is 7. The predicted octanol–water partition coefficient (Wildman–Crippen LogP) is 4.21. The number of nitrogens with zero attached hydrogens (tertiary/aromatic N) is 2. The predicted molar refractivity (Wildman–Crippen MR) is 101 cm³/mol. The number of ether oxygens (including phenoxy) is 1. The van der Waals surface area contributed by atoms with E-state index in [1.807, 2.05) is 0 Å². The molecule has 2 aromatic rings. The fraction of sp³-hybridized carbons (Fsp3) is 0.579. The second kappa shape index (κ2) is 8.29. The molecule has 1 N–H and O–H groups in total. The van der Waals surface area contributed by atoms with E-state index >= 15 is 0 Å². The van der Waals surface area contributed by atoms with Gasteiger partial charge < -0.3 is 14.1 Å². The second-order valence-corrected chi connectivity index (χ2v) is 8.27. The van der Waals surface area contributed by atoms with E-state index in [4.69, 9.17) is 9.15 Å². The third-order valence-electron chi connectivity index (χ3n) is 5.10. The molecule has 2 heterocycles. The third kappa shape index (κ3) is 4.10. The van der Waals surface area contributed by atoms with Crippen molar-refractivity contribution in [2.75, 3.05) is 7.11 Å². The van der Waals surface area contributed by atoms with Crippen LogP contribution in [-0.2, 0) is 4.74 Å². The van der Waals surface area contributed by atoms with Crippen molar-refractivity contribution in [2.24, 2.45) is 0 Å². The van der Waals surface area contributed by atoms with Crippen molar-refractivity contribution in [1.29, 1.82) is 0 Å². The minimum Gasteiger partial charge on any atom is -0.465 e. The van der Waals surface area contributed by atoms with Gasteiger partial charge in [-0.2, -0.15) is 0 Å². The Morgan fingerprint density at radius 2 is 1.93 bits per heavy atom. The van der Waals surface area contributed by atoms with Gasteiger partial charge >= 0.3 is 5.97 Å². The average molecular weight is 391 g/mol. The number of rotatable bonds is 6. The summed E-state index contributed by atoms with van der Waals surface area (Å²) in [5, 5.41) is 8.26. The van der Waals surface area contributed by atoms with Gasteiger partial charge in [-0.1, -0.05) is 31.0 Å². The molecule has 0 aromatic carbocycles. The third-order valence-corrected chi connectivity index (χ3v) is 6.03. The molecule has 1 aliphatic carbocycles. The molecule has 7 nitrogen and oxygen atoms in total. The Morgan fingerprint density at radius 3 is 2.59 bits per heavy atom. The van der Waals surface area contributed by atoms with Crippen molar-refractivity contribution in [2.45, 2.75) is 69.3 Å². The molecule has 2 aromatic heterocycles. The second-order valence-electron chi connectivity index (χ2n) is 6.98. The number of esters is 1. The van der Waals surface area contributed by atoms with Crippen molar-refractivity contribution in [3.63, 3.8) is 0 Å². The van der Waals surface area contributed by atoms with Crippen LogP contribution in [0, 0.1) is 13.8 Å². The molecule has 27 heavy (non-hydrogen) atoms. The molecule has 0 saturated heterocycles. The zero-order chi connectivity index (χ0) is 19.6. The zero-order valence-electron chi connectivity index (χ0n) is 16.1. The molecule has 0 aliphatic heterocycles. The summed E-state index contributed by atoms with van der Waals surface area (Å²) in [5.41, 5.74) is 2.05. The average Bonchev–Trinajstić information content (AvgIpc) is 3.25. The molecule has 3 rings (SSSR count). The maximum atomic E-state index is 12.9. The van der Waals surface area contributed by atoms with Gasteiger partial charge in [0.2, 0.25) is 5.89 Å². The molecule has 146 valence electrons. The van der Waals surface area contributed by atoms with Crippen molar-refractivity contribution >= 4 is 23.5 Å². The van der Waals surface area contributed by atoms with Gasteiger partial charge in [0.15, 0.2) is 5.78 Å². The quantitative estimate of drug-likeness (QED) is 0.447. The van der Waals surface area contributed by atoms with Crippen molar-refractivity contribution in [3.05, 3.63) is 28.4 Å². The highest BCUT2D eigenvalue weighted by molar-refractivity contribution is 8.00. The summed E-state index contributed by atoms with van der Waals surface area (Å²) in [7, 11) is 1.33. The van der Waals surface area contributed by atoms with Crippen LogP contribution >= 0.6 is 11.8 Å². The number of hydrogen-bond donors (Lipinski definition) is 1. The fourth-order valence-electron chi connectivity index (χ4n) is 3.60. The minimum absolute atomic E-state index is 0.117. The maximum Gasteiger partial charge on any atom is 0.339 e. The molecular weight excluding hydrogens is 366 g/mol. The molecular formula is C19H25N3O4S. The molecule has 0 amide bonds. The van der Waals surface area contributed by atoms with Gasteiger partial charge in [0.1, 0.15) is 0 Å². The first kappa shape index (κ1) is 19.7. The van der Waals surface area contributed by atoms with Gasteiger partial charge in [-0.05, 0) is 39.2 Å². The van der Waals surface area contributed by atoms with Gasteiger partial charge in [0, 0.05) is 11.6 Å². The lowest BCUT2D eigenvalue weighted by Gasteiger charge is -2.17. The van der Waals surface area contributed by atoms with E-state index in [-0.39, 0.29) is 5.78 Å². The van der Waals surface area contributed by atoms with E-state index in [0.29, 0.717) is 39.5 Å². The van der Waals surface area contributed by atoms with Gasteiger partial charge in [-0.15, -0.1) is 10.2 Å². The van der Waals surface area contributed by atoms with Crippen molar-refractivity contribution < 1.29 is 18.7 Å². The number of H-pyrrole nitrogens is 1.